The molecule has 0 spiro atoms. The summed E-state index contributed by atoms with van der Waals surface area (Å²) in [5, 5.41) is 18.9. The SMILES string of the molecule is CCNC(=NCC(O)c1ccco1)NCCCNC(=O)OC(C)(C)C. The van der Waals surface area contributed by atoms with Gasteiger partial charge in [-0.15, -0.1) is 0 Å². The van der Waals surface area contributed by atoms with Crippen LogP contribution in [0.2, 0.25) is 0 Å². The van der Waals surface area contributed by atoms with Crippen LogP contribution in [0, 0.1) is 0 Å². The lowest BCUT2D eigenvalue weighted by Gasteiger charge is -2.19. The molecule has 1 heterocycles. The number of hydrogen-bond acceptors (Lipinski definition) is 5. The van der Waals surface area contributed by atoms with Crippen molar-refractivity contribution >= 4 is 12.1 Å². The zero-order chi connectivity index (χ0) is 18.7. The van der Waals surface area contributed by atoms with E-state index in [9.17, 15) is 9.90 Å². The molecule has 0 aromatic carbocycles. The third kappa shape index (κ3) is 9.61. The molecular formula is C17H30N4O4. The molecule has 142 valence electrons. The van der Waals surface area contributed by atoms with Gasteiger partial charge in [-0.3, -0.25) is 4.99 Å². The maximum absolute atomic E-state index is 11.5. The van der Waals surface area contributed by atoms with Gasteiger partial charge in [0.05, 0.1) is 12.8 Å². The van der Waals surface area contributed by atoms with E-state index in [1.165, 1.54) is 6.26 Å². The number of nitrogens with one attached hydrogen (secondary N) is 3. The van der Waals surface area contributed by atoms with E-state index in [0.717, 1.165) is 0 Å². The fraction of sp³-hybridized carbons (Fsp3) is 0.647. The molecule has 1 aromatic rings. The molecule has 0 saturated carbocycles. The van der Waals surface area contributed by atoms with Gasteiger partial charge < -0.3 is 30.2 Å². The number of nitrogens with zero attached hydrogens (tertiary/aromatic N) is 1. The van der Waals surface area contributed by atoms with Crippen molar-refractivity contribution in [3.05, 3.63) is 24.2 Å². The topological polar surface area (TPSA) is 108 Å². The molecule has 0 fully saturated rings. The van der Waals surface area contributed by atoms with E-state index in [4.69, 9.17) is 9.15 Å². The van der Waals surface area contributed by atoms with Crippen LogP contribution >= 0.6 is 0 Å². The molecule has 25 heavy (non-hydrogen) atoms. The van der Waals surface area contributed by atoms with Gasteiger partial charge in [0, 0.05) is 19.6 Å². The zero-order valence-electron chi connectivity index (χ0n) is 15.5. The number of aliphatic imine (C=N–C) groups is 1. The number of furan rings is 1. The van der Waals surface area contributed by atoms with Gasteiger partial charge in [0.1, 0.15) is 17.5 Å². The Morgan fingerprint density at radius 2 is 2.04 bits per heavy atom. The summed E-state index contributed by atoms with van der Waals surface area (Å²) in [4.78, 5) is 15.8. The van der Waals surface area contributed by atoms with Crippen molar-refractivity contribution in [2.45, 2.75) is 45.8 Å². The van der Waals surface area contributed by atoms with E-state index in [2.05, 4.69) is 20.9 Å². The molecule has 4 N–H and O–H groups in total. The summed E-state index contributed by atoms with van der Waals surface area (Å²) in [5.41, 5.74) is -0.498. The summed E-state index contributed by atoms with van der Waals surface area (Å²) in [6, 6.07) is 3.44. The lowest BCUT2D eigenvalue weighted by Crippen LogP contribution is -2.39. The second-order valence-corrected chi connectivity index (χ2v) is 6.46. The van der Waals surface area contributed by atoms with Gasteiger partial charge in [-0.05, 0) is 46.2 Å². The quantitative estimate of drug-likeness (QED) is 0.322. The van der Waals surface area contributed by atoms with Crippen molar-refractivity contribution in [3.63, 3.8) is 0 Å². The van der Waals surface area contributed by atoms with Gasteiger partial charge in [-0.1, -0.05) is 0 Å². The van der Waals surface area contributed by atoms with E-state index < -0.39 is 17.8 Å². The fourth-order valence-corrected chi connectivity index (χ4v) is 1.89. The highest BCUT2D eigenvalue weighted by molar-refractivity contribution is 5.79. The Kier molecular flexibility index (Phi) is 8.83. The smallest absolute Gasteiger partial charge is 0.407 e. The Morgan fingerprint density at radius 1 is 1.32 bits per heavy atom. The minimum Gasteiger partial charge on any atom is -0.467 e. The summed E-state index contributed by atoms with van der Waals surface area (Å²) >= 11 is 0. The highest BCUT2D eigenvalue weighted by Crippen LogP contribution is 2.12. The maximum atomic E-state index is 11.5. The van der Waals surface area contributed by atoms with Crippen LogP contribution in [0.15, 0.2) is 27.8 Å². The number of guanidine groups is 1. The van der Waals surface area contributed by atoms with Crippen LogP contribution in [0.3, 0.4) is 0 Å². The molecule has 8 heteroatoms. The van der Waals surface area contributed by atoms with Crippen LogP contribution in [0.25, 0.3) is 0 Å². The zero-order valence-corrected chi connectivity index (χ0v) is 15.5. The lowest BCUT2D eigenvalue weighted by atomic mass is 10.2. The maximum Gasteiger partial charge on any atom is 0.407 e. The van der Waals surface area contributed by atoms with Crippen LogP contribution < -0.4 is 16.0 Å². The summed E-state index contributed by atoms with van der Waals surface area (Å²) in [5.74, 6) is 1.09. The molecule has 0 saturated heterocycles. The van der Waals surface area contributed by atoms with Crippen LogP contribution in [-0.4, -0.2) is 48.9 Å². The first kappa shape index (κ1) is 20.8. The minimum absolute atomic E-state index is 0.193. The van der Waals surface area contributed by atoms with E-state index in [0.29, 0.717) is 37.8 Å². The molecule has 1 rings (SSSR count). The Labute approximate surface area is 149 Å². The number of carbonyl (C=O) groups is 1. The first-order chi connectivity index (χ1) is 11.8. The van der Waals surface area contributed by atoms with Gasteiger partial charge in [0.25, 0.3) is 0 Å². The van der Waals surface area contributed by atoms with Crippen molar-refractivity contribution in [1.82, 2.24) is 16.0 Å². The van der Waals surface area contributed by atoms with Crippen LogP contribution in [0.5, 0.6) is 0 Å². The molecule has 0 aliphatic rings. The van der Waals surface area contributed by atoms with Gasteiger partial charge in [-0.2, -0.15) is 0 Å². The van der Waals surface area contributed by atoms with Crippen LogP contribution in [-0.2, 0) is 4.74 Å². The highest BCUT2D eigenvalue weighted by Gasteiger charge is 2.15. The predicted octanol–water partition coefficient (Wildman–Crippen LogP) is 1.78. The van der Waals surface area contributed by atoms with Crippen LogP contribution in [0.1, 0.15) is 46.0 Å². The monoisotopic (exact) mass is 354 g/mol. The van der Waals surface area contributed by atoms with Crippen molar-refractivity contribution in [2.75, 3.05) is 26.2 Å². The molecule has 0 aliphatic carbocycles. The van der Waals surface area contributed by atoms with Crippen molar-refractivity contribution in [3.8, 4) is 0 Å². The number of rotatable bonds is 8. The third-order valence-electron chi connectivity index (χ3n) is 2.95. The molecule has 0 bridgehead atoms. The first-order valence-corrected chi connectivity index (χ1v) is 8.52. The molecule has 0 aliphatic heterocycles. The van der Waals surface area contributed by atoms with Gasteiger partial charge in [0.15, 0.2) is 5.96 Å². The van der Waals surface area contributed by atoms with E-state index >= 15 is 0 Å². The summed E-state index contributed by atoms with van der Waals surface area (Å²) in [6.45, 7) is 9.45. The number of amides is 1. The largest absolute Gasteiger partial charge is 0.467 e. The Bertz CT molecular complexity index is 523. The number of hydrogen-bond donors (Lipinski definition) is 4. The molecule has 8 nitrogen and oxygen atoms in total. The number of aliphatic hydroxyl groups excluding tert-OH is 1. The summed E-state index contributed by atoms with van der Waals surface area (Å²) in [6.07, 6.45) is 1.03. The minimum atomic E-state index is -0.778. The van der Waals surface area contributed by atoms with Gasteiger partial charge in [-0.25, -0.2) is 4.79 Å². The second-order valence-electron chi connectivity index (χ2n) is 6.46. The summed E-state index contributed by atoms with van der Waals surface area (Å²) < 4.78 is 10.3. The Morgan fingerprint density at radius 3 is 2.64 bits per heavy atom. The average Bonchev–Trinajstić information content (AvgIpc) is 3.04. The van der Waals surface area contributed by atoms with Crippen molar-refractivity contribution in [1.29, 1.82) is 0 Å². The van der Waals surface area contributed by atoms with Crippen LogP contribution in [0.4, 0.5) is 4.79 Å². The third-order valence-corrected chi connectivity index (χ3v) is 2.95. The molecule has 1 amide bonds. The molecule has 0 radical (unpaired) electrons. The Hall–Kier alpha value is -2.22. The molecule has 1 unspecified atom stereocenters. The normalized spacial score (nSPS) is 13.2. The molecule has 1 atom stereocenters. The average molecular weight is 354 g/mol. The number of ether oxygens (including phenoxy) is 1. The molecule has 1 aromatic heterocycles. The van der Waals surface area contributed by atoms with E-state index in [-0.39, 0.29) is 6.54 Å². The highest BCUT2D eigenvalue weighted by atomic mass is 16.6. The molecular weight excluding hydrogens is 324 g/mol. The predicted molar refractivity (Wildman–Crippen MR) is 96.5 cm³/mol. The standard InChI is InChI=1S/C17H30N4O4/c1-5-18-15(21-12-13(22)14-8-6-11-24-14)19-9-7-10-20-16(23)25-17(2,3)4/h6,8,11,13,22H,5,7,9-10,12H2,1-4H3,(H,20,23)(H2,18,19,21). The number of carbonyl (C=O) groups excluding carboxylic acids is 1. The van der Waals surface area contributed by atoms with Gasteiger partial charge >= 0.3 is 6.09 Å². The fourth-order valence-electron chi connectivity index (χ4n) is 1.89. The number of aliphatic hydroxyl groups is 1. The lowest BCUT2D eigenvalue weighted by molar-refractivity contribution is 0.0527. The Balaban J connectivity index is 2.28. The number of alkyl carbamates (subject to hydrolysis) is 1. The van der Waals surface area contributed by atoms with Crippen molar-refractivity contribution < 1.29 is 19.1 Å². The first-order valence-electron chi connectivity index (χ1n) is 8.52. The van der Waals surface area contributed by atoms with E-state index in [1.54, 1.807) is 12.1 Å². The van der Waals surface area contributed by atoms with Crippen molar-refractivity contribution in [2.24, 2.45) is 4.99 Å². The van der Waals surface area contributed by atoms with E-state index in [1.807, 2.05) is 27.7 Å². The van der Waals surface area contributed by atoms with Gasteiger partial charge in [0.2, 0.25) is 0 Å². The summed E-state index contributed by atoms with van der Waals surface area (Å²) in [7, 11) is 0. The second kappa shape index (κ2) is 10.6.